The Balaban J connectivity index is 1.31. The fourth-order valence-corrected chi connectivity index (χ4v) is 5.22. The van der Waals surface area contributed by atoms with Crippen LogP contribution in [0.25, 0.3) is 0 Å². The number of methoxy groups -OCH3 is 1. The molecule has 2 aromatic carbocycles. The zero-order chi connectivity index (χ0) is 30.3. The van der Waals surface area contributed by atoms with E-state index in [1.54, 1.807) is 13.0 Å². The zero-order valence-electron chi connectivity index (χ0n) is 22.8. The highest BCUT2D eigenvalue weighted by Gasteiger charge is 2.46. The third kappa shape index (κ3) is 5.98. The summed E-state index contributed by atoms with van der Waals surface area (Å²) in [6.45, 7) is 1.28. The fraction of sp³-hybridized carbons (Fsp3) is 0.536. The Kier molecular flexibility index (Phi) is 8.78. The van der Waals surface area contributed by atoms with E-state index in [0.29, 0.717) is 5.56 Å². The van der Waals surface area contributed by atoms with E-state index in [4.69, 9.17) is 28.4 Å². The van der Waals surface area contributed by atoms with Crippen LogP contribution in [0.2, 0.25) is 0 Å². The van der Waals surface area contributed by atoms with E-state index in [-0.39, 0.29) is 41.4 Å². The summed E-state index contributed by atoms with van der Waals surface area (Å²) in [6.07, 6.45) is -12.7. The number of hydrogen-bond acceptors (Lipinski definition) is 14. The summed E-state index contributed by atoms with van der Waals surface area (Å²) in [5, 5.41) is 72.4. The zero-order valence-corrected chi connectivity index (χ0v) is 22.8. The van der Waals surface area contributed by atoms with Gasteiger partial charge in [0, 0.05) is 18.6 Å². The summed E-state index contributed by atoms with van der Waals surface area (Å²) < 4.78 is 33.4. The Hall–Kier alpha value is -3.21. The molecule has 2 fully saturated rings. The number of phenols is 2. The monoisotopic (exact) mass is 594 g/mol. The van der Waals surface area contributed by atoms with Crippen molar-refractivity contribution >= 4 is 5.78 Å². The van der Waals surface area contributed by atoms with E-state index in [0.717, 1.165) is 6.07 Å². The minimum atomic E-state index is -1.73. The highest BCUT2D eigenvalue weighted by atomic mass is 16.7. The van der Waals surface area contributed by atoms with Crippen LogP contribution in [-0.4, -0.2) is 111 Å². The highest BCUT2D eigenvalue weighted by molar-refractivity contribution is 6.02. The van der Waals surface area contributed by atoms with Crippen LogP contribution in [0.1, 0.15) is 41.8 Å². The van der Waals surface area contributed by atoms with Gasteiger partial charge < -0.3 is 64.2 Å². The molecule has 2 aromatic rings. The smallest absolute Gasteiger partial charge is 0.229 e. The Morgan fingerprint density at radius 2 is 1.67 bits per heavy atom. The number of aromatic hydroxyl groups is 2. The molecule has 3 aliphatic rings. The lowest BCUT2D eigenvalue weighted by Crippen LogP contribution is -2.60. The molecular formula is C28H34O14. The molecular weight excluding hydrogens is 560 g/mol. The summed E-state index contributed by atoms with van der Waals surface area (Å²) in [6, 6.07) is 6.98. The summed E-state index contributed by atoms with van der Waals surface area (Å²) in [4.78, 5) is 12.9. The van der Waals surface area contributed by atoms with E-state index in [2.05, 4.69) is 0 Å². The Labute approximate surface area is 240 Å². The number of rotatable bonds is 7. The van der Waals surface area contributed by atoms with Crippen molar-refractivity contribution in [2.24, 2.45) is 0 Å². The molecule has 0 aliphatic carbocycles. The second kappa shape index (κ2) is 12.2. The molecule has 4 unspecified atom stereocenters. The minimum absolute atomic E-state index is 0.0246. The topological polar surface area (TPSA) is 214 Å². The molecule has 2 saturated heterocycles. The van der Waals surface area contributed by atoms with E-state index in [1.165, 1.54) is 25.3 Å². The first-order chi connectivity index (χ1) is 20.0. The lowest BCUT2D eigenvalue weighted by molar-refractivity contribution is -0.306. The van der Waals surface area contributed by atoms with Gasteiger partial charge in [0.25, 0.3) is 0 Å². The number of carbonyl (C=O) groups is 1. The largest absolute Gasteiger partial charge is 0.507 e. The second-order valence-electron chi connectivity index (χ2n) is 10.6. The molecule has 0 bridgehead atoms. The van der Waals surface area contributed by atoms with Crippen LogP contribution in [0, 0.1) is 0 Å². The Morgan fingerprint density at radius 1 is 0.905 bits per heavy atom. The maximum atomic E-state index is 12.9. The van der Waals surface area contributed by atoms with Crippen molar-refractivity contribution in [2.45, 2.75) is 81.2 Å². The number of aliphatic hydroxyl groups excluding tert-OH is 5. The maximum absolute atomic E-state index is 12.9. The molecule has 3 heterocycles. The SMILES string of the molecule is COc1ccc([C@@H]2CC(=O)c3c(O)cc(O[C@@H]4OC(CO[C@@H]5OC(C)CC(O)[C@@H]5O)[C@@H](O)[C@@H](O)C4O)cc3O2)cc1O. The Morgan fingerprint density at radius 3 is 2.38 bits per heavy atom. The van der Waals surface area contributed by atoms with Crippen LogP contribution in [-0.2, 0) is 14.2 Å². The predicted molar refractivity (Wildman–Crippen MR) is 139 cm³/mol. The molecule has 230 valence electrons. The maximum Gasteiger partial charge on any atom is 0.229 e. The number of carbonyl (C=O) groups excluding carboxylic acids is 1. The average molecular weight is 595 g/mol. The van der Waals surface area contributed by atoms with Gasteiger partial charge in [-0.3, -0.25) is 4.79 Å². The summed E-state index contributed by atoms with van der Waals surface area (Å²) in [5.74, 6) is -0.890. The number of phenolic OH excluding ortho intramolecular Hbond substituents is 2. The van der Waals surface area contributed by atoms with Crippen LogP contribution in [0.5, 0.6) is 28.7 Å². The van der Waals surface area contributed by atoms with Gasteiger partial charge in [0.2, 0.25) is 6.29 Å². The van der Waals surface area contributed by atoms with Crippen molar-refractivity contribution in [1.29, 1.82) is 0 Å². The van der Waals surface area contributed by atoms with Gasteiger partial charge in [-0.2, -0.15) is 0 Å². The van der Waals surface area contributed by atoms with Crippen LogP contribution in [0.15, 0.2) is 30.3 Å². The molecule has 7 N–H and O–H groups in total. The quantitative estimate of drug-likeness (QED) is 0.223. The lowest BCUT2D eigenvalue weighted by atomic mass is 9.95. The third-order valence-electron chi connectivity index (χ3n) is 7.51. The van der Waals surface area contributed by atoms with Gasteiger partial charge in [-0.25, -0.2) is 0 Å². The third-order valence-corrected chi connectivity index (χ3v) is 7.51. The van der Waals surface area contributed by atoms with E-state index in [1.807, 2.05) is 0 Å². The number of fused-ring (bicyclic) bond motifs is 1. The first kappa shape index (κ1) is 30.3. The summed E-state index contributed by atoms with van der Waals surface area (Å²) in [7, 11) is 1.40. The Bertz CT molecular complexity index is 1290. The van der Waals surface area contributed by atoms with Crippen LogP contribution >= 0.6 is 0 Å². The van der Waals surface area contributed by atoms with Crippen molar-refractivity contribution in [3.63, 3.8) is 0 Å². The molecule has 5 rings (SSSR count). The van der Waals surface area contributed by atoms with Gasteiger partial charge in [0.15, 0.2) is 23.6 Å². The molecule has 14 nitrogen and oxygen atoms in total. The number of aliphatic hydroxyl groups is 5. The van der Waals surface area contributed by atoms with Crippen LogP contribution in [0.4, 0.5) is 0 Å². The van der Waals surface area contributed by atoms with E-state index >= 15 is 0 Å². The van der Waals surface area contributed by atoms with Crippen molar-refractivity contribution in [3.05, 3.63) is 41.5 Å². The van der Waals surface area contributed by atoms with Gasteiger partial charge >= 0.3 is 0 Å². The molecule has 42 heavy (non-hydrogen) atoms. The highest BCUT2D eigenvalue weighted by Crippen LogP contribution is 2.43. The van der Waals surface area contributed by atoms with Crippen LogP contribution in [0.3, 0.4) is 0 Å². The van der Waals surface area contributed by atoms with Gasteiger partial charge in [-0.15, -0.1) is 0 Å². The van der Waals surface area contributed by atoms with Crippen molar-refractivity contribution in [3.8, 4) is 28.7 Å². The lowest BCUT2D eigenvalue weighted by Gasteiger charge is -2.41. The predicted octanol–water partition coefficient (Wildman–Crippen LogP) is -0.127. The van der Waals surface area contributed by atoms with Gasteiger partial charge in [-0.1, -0.05) is 6.07 Å². The fourth-order valence-electron chi connectivity index (χ4n) is 5.22. The van der Waals surface area contributed by atoms with Gasteiger partial charge in [0.1, 0.15) is 59.4 Å². The molecule has 0 saturated carbocycles. The van der Waals surface area contributed by atoms with E-state index < -0.39 is 79.6 Å². The van der Waals surface area contributed by atoms with Gasteiger partial charge in [0.05, 0.1) is 32.3 Å². The molecule has 3 aliphatic heterocycles. The number of Topliss-reactive ketones (excluding diaryl/α,β-unsaturated/α-hetero) is 1. The number of hydrogen-bond donors (Lipinski definition) is 7. The van der Waals surface area contributed by atoms with Crippen molar-refractivity contribution < 1.29 is 69.0 Å². The number of benzene rings is 2. The standard InChI is InChI=1S/C28H34O14/c1-11-5-17(32)23(33)27(39-11)38-10-21-24(34)25(35)26(36)28(42-21)40-13-7-15(30)22-16(31)9-19(41-20(22)8-13)12-3-4-18(37-2)14(29)6-12/h3-4,6-8,11,17,19,21,23-30,32-36H,5,9-10H2,1-2H3/t11?,17?,19-,21?,23-,24+,25+,26?,27+,28+/m0/s1. The minimum Gasteiger partial charge on any atom is -0.507 e. The van der Waals surface area contributed by atoms with E-state index in [9.17, 15) is 40.5 Å². The number of ether oxygens (including phenoxy) is 6. The second-order valence-corrected chi connectivity index (χ2v) is 10.6. The van der Waals surface area contributed by atoms with Crippen molar-refractivity contribution in [1.82, 2.24) is 0 Å². The first-order valence-electron chi connectivity index (χ1n) is 13.4. The van der Waals surface area contributed by atoms with Crippen LogP contribution < -0.4 is 14.2 Å². The normalized spacial score (nSPS) is 34.8. The first-order valence-corrected chi connectivity index (χ1v) is 13.4. The molecule has 0 aromatic heterocycles. The summed E-state index contributed by atoms with van der Waals surface area (Å²) in [5.41, 5.74) is 0.406. The van der Waals surface area contributed by atoms with Crippen molar-refractivity contribution in [2.75, 3.05) is 13.7 Å². The average Bonchev–Trinajstić information content (AvgIpc) is 2.94. The molecule has 0 radical (unpaired) electrons. The molecule has 0 spiro atoms. The van der Waals surface area contributed by atoms with Gasteiger partial charge in [-0.05, 0) is 24.6 Å². The number of ketones is 1. The summed E-state index contributed by atoms with van der Waals surface area (Å²) >= 11 is 0. The molecule has 14 heteroatoms. The molecule has 10 atom stereocenters. The molecule has 0 amide bonds.